The van der Waals surface area contributed by atoms with Gasteiger partial charge in [0.1, 0.15) is 6.07 Å². The van der Waals surface area contributed by atoms with Gasteiger partial charge in [-0.2, -0.15) is 5.26 Å². The molecule has 0 amide bonds. The van der Waals surface area contributed by atoms with Crippen LogP contribution < -0.4 is 5.32 Å². The Morgan fingerprint density at radius 1 is 1.47 bits per heavy atom. The lowest BCUT2D eigenvalue weighted by Gasteiger charge is -2.14. The number of rotatable bonds is 5. The van der Waals surface area contributed by atoms with Crippen molar-refractivity contribution in [2.24, 2.45) is 5.92 Å². The Labute approximate surface area is 111 Å². The van der Waals surface area contributed by atoms with Crippen LogP contribution in [0.3, 0.4) is 0 Å². The molecule has 0 heterocycles. The molecule has 0 aromatic heterocycles. The van der Waals surface area contributed by atoms with E-state index in [2.05, 4.69) is 41.2 Å². The van der Waals surface area contributed by atoms with E-state index in [0.29, 0.717) is 18.0 Å². The molecule has 4 heteroatoms. The highest BCUT2D eigenvalue weighted by Crippen LogP contribution is 2.20. The molecule has 0 aliphatic rings. The third-order valence-electron chi connectivity index (χ3n) is 2.37. The Bertz CT molecular complexity index is 412. The first-order chi connectivity index (χ1) is 8.02. The van der Waals surface area contributed by atoms with Gasteiger partial charge < -0.3 is 10.4 Å². The molecule has 3 nitrogen and oxygen atoms in total. The molecule has 1 aromatic rings. The van der Waals surface area contributed by atoms with Crippen LogP contribution in [-0.2, 0) is 0 Å². The van der Waals surface area contributed by atoms with Crippen LogP contribution in [0.1, 0.15) is 25.8 Å². The van der Waals surface area contributed by atoms with Crippen molar-refractivity contribution < 1.29 is 5.11 Å². The fourth-order valence-electron chi connectivity index (χ4n) is 1.58. The summed E-state index contributed by atoms with van der Waals surface area (Å²) in [5, 5.41) is 21.7. The Hall–Kier alpha value is -1.05. The van der Waals surface area contributed by atoms with Crippen LogP contribution in [0.2, 0.25) is 0 Å². The molecule has 1 rings (SSSR count). The molecule has 1 aromatic carbocycles. The molecule has 0 aliphatic heterocycles. The van der Waals surface area contributed by atoms with Crippen molar-refractivity contribution in [2.75, 3.05) is 11.9 Å². The highest BCUT2D eigenvalue weighted by atomic mass is 79.9. The Morgan fingerprint density at radius 3 is 2.71 bits per heavy atom. The third kappa shape index (κ3) is 4.76. The number of nitrogens with one attached hydrogen (secondary N) is 1. The quantitative estimate of drug-likeness (QED) is 0.878. The van der Waals surface area contributed by atoms with Gasteiger partial charge in [-0.25, -0.2) is 0 Å². The molecule has 1 atom stereocenters. The monoisotopic (exact) mass is 296 g/mol. The summed E-state index contributed by atoms with van der Waals surface area (Å²) in [6, 6.07) is 7.53. The lowest BCUT2D eigenvalue weighted by atomic mass is 10.1. The summed E-state index contributed by atoms with van der Waals surface area (Å²) in [5.41, 5.74) is 1.51. The molecule has 2 N–H and O–H groups in total. The zero-order valence-corrected chi connectivity index (χ0v) is 11.7. The molecule has 0 fully saturated rings. The summed E-state index contributed by atoms with van der Waals surface area (Å²) in [4.78, 5) is 0. The fraction of sp³-hybridized carbons (Fsp3) is 0.462. The van der Waals surface area contributed by atoms with Crippen molar-refractivity contribution in [1.82, 2.24) is 0 Å². The van der Waals surface area contributed by atoms with E-state index >= 15 is 0 Å². The molecule has 17 heavy (non-hydrogen) atoms. The van der Waals surface area contributed by atoms with Gasteiger partial charge in [0.05, 0.1) is 11.7 Å². The van der Waals surface area contributed by atoms with Crippen molar-refractivity contribution in [2.45, 2.75) is 26.4 Å². The van der Waals surface area contributed by atoms with Crippen LogP contribution in [0.4, 0.5) is 5.69 Å². The van der Waals surface area contributed by atoms with Crippen molar-refractivity contribution in [1.29, 1.82) is 5.26 Å². The molecule has 0 saturated heterocycles. The van der Waals surface area contributed by atoms with Gasteiger partial charge >= 0.3 is 0 Å². The van der Waals surface area contributed by atoms with Gasteiger partial charge in [0.2, 0.25) is 0 Å². The normalized spacial score (nSPS) is 12.2. The van der Waals surface area contributed by atoms with Gasteiger partial charge in [0, 0.05) is 16.7 Å². The predicted octanol–water partition coefficient (Wildman–Crippen LogP) is 3.14. The Kier molecular flexibility index (Phi) is 5.46. The third-order valence-corrected chi connectivity index (χ3v) is 3.03. The molecule has 0 radical (unpaired) electrons. The van der Waals surface area contributed by atoms with Crippen LogP contribution in [0.25, 0.3) is 0 Å². The van der Waals surface area contributed by atoms with Gasteiger partial charge in [0.25, 0.3) is 0 Å². The first-order valence-electron chi connectivity index (χ1n) is 5.64. The van der Waals surface area contributed by atoms with Crippen molar-refractivity contribution in [3.63, 3.8) is 0 Å². The second-order valence-electron chi connectivity index (χ2n) is 4.47. The number of benzene rings is 1. The van der Waals surface area contributed by atoms with Gasteiger partial charge in [-0.15, -0.1) is 0 Å². The molecule has 0 bridgehead atoms. The average Bonchev–Trinajstić information content (AvgIpc) is 2.25. The lowest BCUT2D eigenvalue weighted by molar-refractivity contribution is 0.161. The highest BCUT2D eigenvalue weighted by molar-refractivity contribution is 9.10. The van der Waals surface area contributed by atoms with E-state index in [1.165, 1.54) is 0 Å². The first-order valence-corrected chi connectivity index (χ1v) is 6.43. The summed E-state index contributed by atoms with van der Waals surface area (Å²) in [6.45, 7) is 4.69. The second kappa shape index (κ2) is 6.63. The van der Waals surface area contributed by atoms with Crippen molar-refractivity contribution in [3.05, 3.63) is 28.2 Å². The number of hydrogen-bond donors (Lipinski definition) is 2. The zero-order chi connectivity index (χ0) is 12.8. The average molecular weight is 297 g/mol. The van der Waals surface area contributed by atoms with E-state index in [0.717, 1.165) is 16.6 Å². The SMILES string of the molecule is CC(C)CC(O)CNc1ccc(C#N)c(Br)c1. The number of aliphatic hydroxyl groups excluding tert-OH is 1. The minimum atomic E-state index is -0.343. The van der Waals surface area contributed by atoms with E-state index in [9.17, 15) is 5.11 Å². The van der Waals surface area contributed by atoms with Crippen LogP contribution in [0.15, 0.2) is 22.7 Å². The van der Waals surface area contributed by atoms with Crippen LogP contribution in [0.5, 0.6) is 0 Å². The van der Waals surface area contributed by atoms with Gasteiger partial charge in [0.15, 0.2) is 0 Å². The zero-order valence-electron chi connectivity index (χ0n) is 10.1. The van der Waals surface area contributed by atoms with Gasteiger partial charge in [-0.1, -0.05) is 13.8 Å². The lowest BCUT2D eigenvalue weighted by Crippen LogP contribution is -2.21. The van der Waals surface area contributed by atoms with E-state index in [1.54, 1.807) is 6.07 Å². The second-order valence-corrected chi connectivity index (χ2v) is 5.33. The van der Waals surface area contributed by atoms with Crippen LogP contribution >= 0.6 is 15.9 Å². The summed E-state index contributed by atoms with van der Waals surface area (Å²) in [7, 11) is 0. The first kappa shape index (κ1) is 14.0. The van der Waals surface area contributed by atoms with Crippen LogP contribution in [-0.4, -0.2) is 17.8 Å². The topological polar surface area (TPSA) is 56.0 Å². The molecule has 0 saturated carbocycles. The maximum atomic E-state index is 9.72. The van der Waals surface area contributed by atoms with E-state index in [4.69, 9.17) is 5.26 Å². The smallest absolute Gasteiger partial charge is 0.100 e. The highest BCUT2D eigenvalue weighted by Gasteiger charge is 2.07. The fourth-order valence-corrected chi connectivity index (χ4v) is 2.05. The van der Waals surface area contributed by atoms with Crippen molar-refractivity contribution in [3.8, 4) is 6.07 Å². The van der Waals surface area contributed by atoms with E-state index < -0.39 is 0 Å². The number of nitriles is 1. The van der Waals surface area contributed by atoms with Crippen molar-refractivity contribution >= 4 is 21.6 Å². The molecule has 0 spiro atoms. The summed E-state index contributed by atoms with van der Waals surface area (Å²) in [5.74, 6) is 0.486. The maximum absolute atomic E-state index is 9.72. The van der Waals surface area contributed by atoms with Crippen LogP contribution in [0, 0.1) is 17.2 Å². The number of anilines is 1. The Morgan fingerprint density at radius 2 is 2.18 bits per heavy atom. The summed E-state index contributed by atoms with van der Waals surface area (Å²) >= 11 is 3.33. The number of hydrogen-bond acceptors (Lipinski definition) is 3. The number of nitrogens with zero attached hydrogens (tertiary/aromatic N) is 1. The maximum Gasteiger partial charge on any atom is 0.100 e. The minimum Gasteiger partial charge on any atom is -0.391 e. The Balaban J connectivity index is 2.53. The largest absolute Gasteiger partial charge is 0.391 e. The standard InChI is InChI=1S/C13H17BrN2O/c1-9(2)5-12(17)8-16-11-4-3-10(7-15)13(14)6-11/h3-4,6,9,12,16-17H,5,8H2,1-2H3. The molecular formula is C13H17BrN2O. The number of aliphatic hydroxyl groups is 1. The molecule has 92 valence electrons. The van der Waals surface area contributed by atoms with E-state index in [1.807, 2.05) is 12.1 Å². The van der Waals surface area contributed by atoms with Gasteiger partial charge in [-0.05, 0) is 46.5 Å². The summed E-state index contributed by atoms with van der Waals surface area (Å²) in [6.07, 6.45) is 0.439. The predicted molar refractivity (Wildman–Crippen MR) is 72.8 cm³/mol. The van der Waals surface area contributed by atoms with Gasteiger partial charge in [-0.3, -0.25) is 0 Å². The van der Waals surface area contributed by atoms with E-state index in [-0.39, 0.29) is 6.10 Å². The number of halogens is 1. The molecule has 1 unspecified atom stereocenters. The molecule has 0 aliphatic carbocycles. The summed E-state index contributed by atoms with van der Waals surface area (Å²) < 4.78 is 0.767. The minimum absolute atomic E-state index is 0.343. The molecular weight excluding hydrogens is 280 g/mol.